The van der Waals surface area contributed by atoms with E-state index in [0.717, 1.165) is 25.7 Å². The summed E-state index contributed by atoms with van der Waals surface area (Å²) < 4.78 is 0. The summed E-state index contributed by atoms with van der Waals surface area (Å²) in [4.78, 5) is 4.98. The van der Waals surface area contributed by atoms with Crippen LogP contribution < -0.4 is 5.32 Å². The van der Waals surface area contributed by atoms with Gasteiger partial charge in [0.2, 0.25) is 0 Å². The number of benzene rings is 1. The number of hydrogen-bond donors (Lipinski definition) is 1. The Morgan fingerprint density at radius 2 is 2.25 bits per heavy atom. The Morgan fingerprint density at radius 1 is 1.35 bits per heavy atom. The quantitative estimate of drug-likeness (QED) is 0.903. The van der Waals surface area contributed by atoms with Gasteiger partial charge in [-0.05, 0) is 63.1 Å². The van der Waals surface area contributed by atoms with Crippen LogP contribution in [0.15, 0.2) is 18.2 Å². The molecular formula is C17H27N3. The van der Waals surface area contributed by atoms with E-state index in [1.54, 1.807) is 0 Å². The first kappa shape index (κ1) is 14.1. The average Bonchev–Trinajstić information content (AvgIpc) is 2.84. The molecule has 3 rings (SSSR count). The summed E-state index contributed by atoms with van der Waals surface area (Å²) in [7, 11) is 4.51. The van der Waals surface area contributed by atoms with Gasteiger partial charge in [0.15, 0.2) is 0 Å². The van der Waals surface area contributed by atoms with Crippen molar-refractivity contribution >= 4 is 0 Å². The second kappa shape index (κ2) is 6.25. The molecule has 2 heterocycles. The van der Waals surface area contributed by atoms with Crippen LogP contribution in [0.4, 0.5) is 0 Å². The average molecular weight is 273 g/mol. The highest BCUT2D eigenvalue weighted by atomic mass is 15.2. The van der Waals surface area contributed by atoms with Crippen LogP contribution in [0.25, 0.3) is 0 Å². The van der Waals surface area contributed by atoms with Gasteiger partial charge in [-0.3, -0.25) is 0 Å². The molecular weight excluding hydrogens is 246 g/mol. The molecule has 2 aliphatic rings. The van der Waals surface area contributed by atoms with Crippen molar-refractivity contribution in [3.05, 3.63) is 34.9 Å². The largest absolute Gasteiger partial charge is 0.312 e. The third-order valence-electron chi connectivity index (χ3n) is 4.80. The summed E-state index contributed by atoms with van der Waals surface area (Å²) in [6.45, 7) is 5.69. The Bertz CT molecular complexity index is 458. The smallest absolute Gasteiger partial charge is 0.0231 e. The van der Waals surface area contributed by atoms with E-state index < -0.39 is 0 Å². The van der Waals surface area contributed by atoms with Gasteiger partial charge in [0.05, 0.1) is 0 Å². The monoisotopic (exact) mass is 273 g/mol. The van der Waals surface area contributed by atoms with E-state index in [1.165, 1.54) is 49.0 Å². The molecule has 1 aromatic rings. The predicted octanol–water partition coefficient (Wildman–Crippen LogP) is 1.86. The van der Waals surface area contributed by atoms with Crippen molar-refractivity contribution in [1.29, 1.82) is 0 Å². The molecule has 1 unspecified atom stereocenters. The minimum Gasteiger partial charge on any atom is -0.312 e. The molecule has 1 aromatic carbocycles. The molecule has 0 radical (unpaired) electrons. The topological polar surface area (TPSA) is 18.5 Å². The van der Waals surface area contributed by atoms with Crippen LogP contribution in [-0.2, 0) is 19.5 Å². The Balaban J connectivity index is 1.59. The van der Waals surface area contributed by atoms with E-state index in [4.69, 9.17) is 0 Å². The molecule has 1 atom stereocenters. The summed E-state index contributed by atoms with van der Waals surface area (Å²) in [6.07, 6.45) is 3.90. The summed E-state index contributed by atoms with van der Waals surface area (Å²) in [5, 5.41) is 3.47. The zero-order chi connectivity index (χ0) is 13.9. The van der Waals surface area contributed by atoms with Gasteiger partial charge >= 0.3 is 0 Å². The maximum atomic E-state index is 3.47. The molecule has 1 N–H and O–H groups in total. The molecule has 2 aliphatic heterocycles. The molecule has 110 valence electrons. The first-order valence-corrected chi connectivity index (χ1v) is 7.92. The summed E-state index contributed by atoms with van der Waals surface area (Å²) in [6, 6.07) is 7.80. The van der Waals surface area contributed by atoms with Gasteiger partial charge < -0.3 is 15.1 Å². The second-order valence-corrected chi connectivity index (χ2v) is 6.50. The number of hydrogen-bond acceptors (Lipinski definition) is 3. The highest BCUT2D eigenvalue weighted by Crippen LogP contribution is 2.19. The first-order chi connectivity index (χ1) is 9.72. The Morgan fingerprint density at radius 3 is 3.05 bits per heavy atom. The maximum Gasteiger partial charge on any atom is 0.0231 e. The Hall–Kier alpha value is -0.900. The van der Waals surface area contributed by atoms with Gasteiger partial charge in [-0.15, -0.1) is 0 Å². The number of nitrogens with one attached hydrogen (secondary N) is 1. The molecule has 20 heavy (non-hydrogen) atoms. The van der Waals surface area contributed by atoms with Gasteiger partial charge in [-0.25, -0.2) is 0 Å². The van der Waals surface area contributed by atoms with Gasteiger partial charge in [-0.1, -0.05) is 18.2 Å². The van der Waals surface area contributed by atoms with Crippen LogP contribution >= 0.6 is 0 Å². The van der Waals surface area contributed by atoms with Crippen LogP contribution in [0.1, 0.15) is 29.5 Å². The number of likely N-dealkylation sites (tertiary alicyclic amines) is 1. The minimum atomic E-state index is 0.749. The molecule has 3 heteroatoms. The Kier molecular flexibility index (Phi) is 4.39. The predicted molar refractivity (Wildman–Crippen MR) is 83.8 cm³/mol. The fourth-order valence-corrected chi connectivity index (χ4v) is 3.58. The number of nitrogens with zero attached hydrogens (tertiary/aromatic N) is 2. The van der Waals surface area contributed by atoms with Crippen LogP contribution in [0.2, 0.25) is 0 Å². The lowest BCUT2D eigenvalue weighted by Gasteiger charge is -2.26. The van der Waals surface area contributed by atoms with Crippen LogP contribution in [0, 0.1) is 0 Å². The zero-order valence-corrected chi connectivity index (χ0v) is 12.9. The van der Waals surface area contributed by atoms with Gasteiger partial charge in [0, 0.05) is 25.7 Å². The molecule has 0 amide bonds. The lowest BCUT2D eigenvalue weighted by atomic mass is 9.98. The normalized spacial score (nSPS) is 23.2. The van der Waals surface area contributed by atoms with Crippen molar-refractivity contribution in [3.63, 3.8) is 0 Å². The highest BCUT2D eigenvalue weighted by molar-refractivity contribution is 5.33. The van der Waals surface area contributed by atoms with Crippen molar-refractivity contribution in [2.45, 2.75) is 38.4 Å². The summed E-state index contributed by atoms with van der Waals surface area (Å²) in [5.41, 5.74) is 4.49. The molecule has 0 aliphatic carbocycles. The lowest BCUT2D eigenvalue weighted by molar-refractivity contribution is 0.215. The second-order valence-electron chi connectivity index (χ2n) is 6.50. The van der Waals surface area contributed by atoms with Crippen molar-refractivity contribution < 1.29 is 0 Å². The number of fused-ring (bicyclic) bond motifs is 1. The fourth-order valence-electron chi connectivity index (χ4n) is 3.58. The van der Waals surface area contributed by atoms with Crippen molar-refractivity contribution in [2.24, 2.45) is 0 Å². The van der Waals surface area contributed by atoms with Gasteiger partial charge in [-0.2, -0.15) is 0 Å². The lowest BCUT2D eigenvalue weighted by Crippen LogP contribution is -2.36. The van der Waals surface area contributed by atoms with Crippen LogP contribution in [0.5, 0.6) is 0 Å². The molecule has 0 bridgehead atoms. The van der Waals surface area contributed by atoms with Crippen molar-refractivity contribution in [1.82, 2.24) is 15.1 Å². The van der Waals surface area contributed by atoms with E-state index in [1.807, 2.05) is 0 Å². The van der Waals surface area contributed by atoms with Crippen LogP contribution in [0.3, 0.4) is 0 Å². The van der Waals surface area contributed by atoms with E-state index in [9.17, 15) is 0 Å². The molecule has 1 fully saturated rings. The zero-order valence-electron chi connectivity index (χ0n) is 12.9. The molecule has 0 saturated carbocycles. The number of rotatable bonds is 4. The van der Waals surface area contributed by atoms with Crippen molar-refractivity contribution in [3.8, 4) is 0 Å². The van der Waals surface area contributed by atoms with Crippen LogP contribution in [-0.4, -0.2) is 49.6 Å². The van der Waals surface area contributed by atoms with E-state index in [2.05, 4.69) is 47.4 Å². The van der Waals surface area contributed by atoms with E-state index >= 15 is 0 Å². The maximum absolute atomic E-state index is 3.47. The van der Waals surface area contributed by atoms with Gasteiger partial charge in [0.1, 0.15) is 0 Å². The fraction of sp³-hybridized carbons (Fsp3) is 0.647. The van der Waals surface area contributed by atoms with E-state index in [-0.39, 0.29) is 0 Å². The van der Waals surface area contributed by atoms with Crippen molar-refractivity contribution in [2.75, 3.05) is 33.7 Å². The first-order valence-electron chi connectivity index (χ1n) is 7.92. The Labute approximate surface area is 123 Å². The molecule has 1 saturated heterocycles. The number of likely N-dealkylation sites (N-methyl/N-ethyl adjacent to an activating group) is 2. The SMILES string of the molecule is CN(Cc1ccc2c(c1)CNCC2)CC1CCCN1C. The van der Waals surface area contributed by atoms with E-state index in [0.29, 0.717) is 0 Å². The van der Waals surface area contributed by atoms with Gasteiger partial charge in [0.25, 0.3) is 0 Å². The molecule has 0 aromatic heterocycles. The minimum absolute atomic E-state index is 0.749. The molecule has 0 spiro atoms. The summed E-state index contributed by atoms with van der Waals surface area (Å²) >= 11 is 0. The third-order valence-corrected chi connectivity index (χ3v) is 4.80. The molecule has 3 nitrogen and oxygen atoms in total. The third kappa shape index (κ3) is 3.22. The summed E-state index contributed by atoms with van der Waals surface area (Å²) in [5.74, 6) is 0. The highest BCUT2D eigenvalue weighted by Gasteiger charge is 2.22. The standard InChI is InChI=1S/C17H27N3/c1-19(13-17-4-3-9-20(17)2)12-14-5-6-15-7-8-18-11-16(15)10-14/h5-6,10,17-18H,3-4,7-9,11-13H2,1-2H3.